The molecule has 0 aliphatic heterocycles. The van der Waals surface area contributed by atoms with Crippen LogP contribution in [0.1, 0.15) is 32.6 Å². The van der Waals surface area contributed by atoms with E-state index in [-0.39, 0.29) is 37.6 Å². The fourth-order valence-electron chi connectivity index (χ4n) is 2.49. The molecule has 1 rings (SSSR count). The summed E-state index contributed by atoms with van der Waals surface area (Å²) in [6.45, 7) is 1.93. The number of esters is 1. The van der Waals surface area contributed by atoms with Crippen LogP contribution >= 0.6 is 0 Å². The van der Waals surface area contributed by atoms with Crippen LogP contribution in [0.2, 0.25) is 0 Å². The van der Waals surface area contributed by atoms with Gasteiger partial charge in [0.05, 0.1) is 12.5 Å². The minimum Gasteiger partial charge on any atom is -0.478 e. The third-order valence-corrected chi connectivity index (χ3v) is 3.62. The summed E-state index contributed by atoms with van der Waals surface area (Å²) >= 11 is 0. The van der Waals surface area contributed by atoms with E-state index < -0.39 is 29.5 Å². The zero-order chi connectivity index (χ0) is 17.6. The molecule has 1 aliphatic carbocycles. The van der Waals surface area contributed by atoms with Crippen molar-refractivity contribution in [3.8, 4) is 0 Å². The van der Waals surface area contributed by atoms with Crippen molar-refractivity contribution in [2.45, 2.75) is 44.8 Å². The van der Waals surface area contributed by atoms with Gasteiger partial charge in [0, 0.05) is 12.3 Å². The number of ether oxygens (including phenoxy) is 1. The molecule has 0 heterocycles. The fourth-order valence-corrected chi connectivity index (χ4v) is 2.49. The summed E-state index contributed by atoms with van der Waals surface area (Å²) in [5.74, 6) is -2.52. The van der Waals surface area contributed by atoms with Gasteiger partial charge in [0.2, 0.25) is 0 Å². The molecule has 1 fully saturated rings. The van der Waals surface area contributed by atoms with Crippen molar-refractivity contribution in [1.29, 1.82) is 5.41 Å². The van der Waals surface area contributed by atoms with Gasteiger partial charge in [-0.05, 0) is 32.6 Å². The summed E-state index contributed by atoms with van der Waals surface area (Å²) in [7, 11) is 0. The van der Waals surface area contributed by atoms with Gasteiger partial charge in [-0.2, -0.15) is 13.2 Å². The molecule has 0 radical (unpaired) electrons. The van der Waals surface area contributed by atoms with Gasteiger partial charge in [-0.1, -0.05) is 0 Å². The molecule has 0 bridgehead atoms. The first-order chi connectivity index (χ1) is 10.7. The number of aliphatic carboxylic acids is 1. The molecular formula is C14H19F3N2O4. The van der Waals surface area contributed by atoms with Crippen LogP contribution in [0.25, 0.3) is 0 Å². The second kappa shape index (κ2) is 7.98. The molecule has 0 atom stereocenters. The Morgan fingerprint density at radius 1 is 1.30 bits per heavy atom. The maximum absolute atomic E-state index is 13.0. The van der Waals surface area contributed by atoms with Gasteiger partial charge >= 0.3 is 18.1 Å². The molecule has 0 aromatic heterocycles. The largest absolute Gasteiger partial charge is 0.478 e. The maximum Gasteiger partial charge on any atom is 0.431 e. The topological polar surface area (TPSA) is 99.5 Å². The molecule has 1 saturated carbocycles. The van der Waals surface area contributed by atoms with Gasteiger partial charge in [-0.3, -0.25) is 4.79 Å². The average molecular weight is 336 g/mol. The molecule has 0 spiro atoms. The SMILES string of the molecule is CCOC(=O)[C@H]1CC[C@H](N/C(=C(\C=N)C(=O)O)C(F)(F)F)CC1. The number of alkyl halides is 3. The third kappa shape index (κ3) is 5.26. The number of nitrogens with one attached hydrogen (secondary N) is 2. The Morgan fingerprint density at radius 2 is 1.87 bits per heavy atom. The number of carbonyl (C=O) groups excluding carboxylic acids is 1. The lowest BCUT2D eigenvalue weighted by Gasteiger charge is -2.30. The predicted molar refractivity (Wildman–Crippen MR) is 75.0 cm³/mol. The summed E-state index contributed by atoms with van der Waals surface area (Å²) in [4.78, 5) is 22.5. The molecule has 3 N–H and O–H groups in total. The van der Waals surface area contributed by atoms with Crippen LogP contribution < -0.4 is 5.32 Å². The summed E-state index contributed by atoms with van der Waals surface area (Å²) < 4.78 is 43.9. The highest BCUT2D eigenvalue weighted by atomic mass is 19.4. The number of carbonyl (C=O) groups is 2. The van der Waals surface area contributed by atoms with E-state index in [0.717, 1.165) is 0 Å². The lowest BCUT2D eigenvalue weighted by Crippen LogP contribution is -2.40. The highest BCUT2D eigenvalue weighted by molar-refractivity contribution is 6.08. The smallest absolute Gasteiger partial charge is 0.431 e. The third-order valence-electron chi connectivity index (χ3n) is 3.62. The van der Waals surface area contributed by atoms with E-state index in [4.69, 9.17) is 15.3 Å². The van der Waals surface area contributed by atoms with E-state index >= 15 is 0 Å². The molecule has 9 heteroatoms. The van der Waals surface area contributed by atoms with Gasteiger partial charge in [-0.25, -0.2) is 4.79 Å². The normalized spacial score (nSPS) is 22.8. The fraction of sp³-hybridized carbons (Fsp3) is 0.643. The summed E-state index contributed by atoms with van der Waals surface area (Å²) in [5, 5.41) is 17.9. The number of rotatable bonds is 6. The molecule has 23 heavy (non-hydrogen) atoms. The van der Waals surface area contributed by atoms with E-state index in [9.17, 15) is 22.8 Å². The van der Waals surface area contributed by atoms with Gasteiger partial charge < -0.3 is 20.6 Å². The molecule has 0 unspecified atom stereocenters. The summed E-state index contributed by atoms with van der Waals surface area (Å²) in [6, 6.07) is -0.605. The number of carboxylic acid groups (broad SMARTS) is 1. The molecule has 0 aromatic rings. The van der Waals surface area contributed by atoms with Crippen LogP contribution in [0.15, 0.2) is 11.3 Å². The minimum absolute atomic E-state index is 0.169. The van der Waals surface area contributed by atoms with Crippen molar-refractivity contribution in [3.05, 3.63) is 11.3 Å². The van der Waals surface area contributed by atoms with Crippen molar-refractivity contribution in [3.63, 3.8) is 0 Å². The zero-order valence-corrected chi connectivity index (χ0v) is 12.6. The molecule has 0 saturated heterocycles. The predicted octanol–water partition coefficient (Wildman–Crippen LogP) is 2.25. The number of hydrogen-bond acceptors (Lipinski definition) is 5. The average Bonchev–Trinajstić information content (AvgIpc) is 2.46. The van der Waals surface area contributed by atoms with Gasteiger partial charge in [-0.15, -0.1) is 0 Å². The van der Waals surface area contributed by atoms with Crippen LogP contribution in [0.5, 0.6) is 0 Å². The summed E-state index contributed by atoms with van der Waals surface area (Å²) in [6.07, 6.45) is -3.42. The minimum atomic E-state index is -4.90. The number of hydrogen-bond donors (Lipinski definition) is 3. The first-order valence-electron chi connectivity index (χ1n) is 7.19. The second-order valence-electron chi connectivity index (χ2n) is 5.18. The monoisotopic (exact) mass is 336 g/mol. The molecule has 130 valence electrons. The van der Waals surface area contributed by atoms with Crippen molar-refractivity contribution < 1.29 is 32.6 Å². The zero-order valence-electron chi connectivity index (χ0n) is 12.6. The maximum atomic E-state index is 13.0. The lowest BCUT2D eigenvalue weighted by molar-refractivity contribution is -0.149. The first-order valence-corrected chi connectivity index (χ1v) is 7.19. The van der Waals surface area contributed by atoms with Crippen LogP contribution in [-0.2, 0) is 14.3 Å². The van der Waals surface area contributed by atoms with Crippen LogP contribution in [0.3, 0.4) is 0 Å². The Kier molecular flexibility index (Phi) is 6.59. The van der Waals surface area contributed by atoms with Gasteiger partial charge in [0.15, 0.2) is 0 Å². The first kappa shape index (κ1) is 19.0. The molecule has 0 amide bonds. The van der Waals surface area contributed by atoms with E-state index in [1.807, 2.05) is 0 Å². The van der Waals surface area contributed by atoms with E-state index in [0.29, 0.717) is 12.8 Å². The Hall–Kier alpha value is -2.06. The number of carboxylic acids is 1. The van der Waals surface area contributed by atoms with Crippen molar-refractivity contribution in [1.82, 2.24) is 5.32 Å². The Labute approximate surface area is 131 Å². The highest BCUT2D eigenvalue weighted by Crippen LogP contribution is 2.30. The molecular weight excluding hydrogens is 317 g/mol. The second-order valence-corrected chi connectivity index (χ2v) is 5.18. The van der Waals surface area contributed by atoms with Crippen molar-refractivity contribution in [2.24, 2.45) is 5.92 Å². The van der Waals surface area contributed by atoms with Crippen LogP contribution in [-0.4, -0.2) is 42.1 Å². The molecule has 6 nitrogen and oxygen atoms in total. The van der Waals surface area contributed by atoms with Crippen LogP contribution in [0, 0.1) is 11.3 Å². The summed E-state index contributed by atoms with van der Waals surface area (Å²) in [5.41, 5.74) is -2.57. The molecule has 1 aliphatic rings. The van der Waals surface area contributed by atoms with E-state index in [1.54, 1.807) is 6.92 Å². The Balaban J connectivity index is 2.80. The number of allylic oxidation sites excluding steroid dienone is 1. The Morgan fingerprint density at radius 3 is 2.26 bits per heavy atom. The Bertz CT molecular complexity index is 495. The standard InChI is InChI=1S/C14H19F3N2O4/c1-2-23-13(22)8-3-5-9(6-4-8)19-11(14(15,16)17)10(7-18)12(20)21/h7-9,18-19H,2-6H2,1H3,(H,20,21)/b11-10+,18-7?/t8-,9-. The molecule has 0 aromatic carbocycles. The highest BCUT2D eigenvalue weighted by Gasteiger charge is 2.40. The number of halogens is 3. The quantitative estimate of drug-likeness (QED) is 0.392. The van der Waals surface area contributed by atoms with E-state index in [1.165, 1.54) is 0 Å². The van der Waals surface area contributed by atoms with E-state index in [2.05, 4.69) is 5.32 Å². The van der Waals surface area contributed by atoms with Gasteiger partial charge in [0.1, 0.15) is 11.3 Å². The van der Waals surface area contributed by atoms with Crippen molar-refractivity contribution >= 4 is 18.2 Å². The van der Waals surface area contributed by atoms with Crippen molar-refractivity contribution in [2.75, 3.05) is 6.61 Å². The van der Waals surface area contributed by atoms with Gasteiger partial charge in [0.25, 0.3) is 0 Å². The lowest BCUT2D eigenvalue weighted by atomic mass is 9.86. The van der Waals surface area contributed by atoms with Crippen LogP contribution in [0.4, 0.5) is 13.2 Å².